The van der Waals surface area contributed by atoms with E-state index in [0.29, 0.717) is 24.2 Å². The molecule has 1 aromatic carbocycles. The van der Waals surface area contributed by atoms with E-state index in [-0.39, 0.29) is 6.04 Å². The molecule has 128 valence electrons. The molecule has 0 saturated heterocycles. The number of hydrogen-bond acceptors (Lipinski definition) is 4. The minimum Gasteiger partial charge on any atom is -0.493 e. The normalized spacial score (nSPS) is 12.9. The van der Waals surface area contributed by atoms with Crippen LogP contribution in [0.1, 0.15) is 33.3 Å². The summed E-state index contributed by atoms with van der Waals surface area (Å²) in [6.45, 7) is 9.47. The van der Waals surface area contributed by atoms with Gasteiger partial charge in [-0.25, -0.2) is 0 Å². The molecule has 5 nitrogen and oxygen atoms in total. The first-order valence-electron chi connectivity index (χ1n) is 7.75. The Morgan fingerprint density at radius 2 is 1.83 bits per heavy atom. The fourth-order valence-electron chi connectivity index (χ4n) is 1.80. The minimum atomic E-state index is 0.132. The lowest BCUT2D eigenvalue weighted by Crippen LogP contribution is -2.40. The molecule has 0 radical (unpaired) electrons. The van der Waals surface area contributed by atoms with E-state index in [1.165, 1.54) is 0 Å². The van der Waals surface area contributed by atoms with Crippen LogP contribution in [-0.2, 0) is 4.74 Å². The second kappa shape index (κ2) is 10.2. The number of thiocarbonyl (C=S) groups is 1. The van der Waals surface area contributed by atoms with Gasteiger partial charge < -0.3 is 14.8 Å². The number of benzene rings is 1. The molecule has 0 aliphatic rings. The van der Waals surface area contributed by atoms with Gasteiger partial charge in [-0.05, 0) is 61.8 Å². The molecular formula is C17H27N3O2S. The van der Waals surface area contributed by atoms with Crippen molar-refractivity contribution in [3.05, 3.63) is 29.8 Å². The van der Waals surface area contributed by atoms with Gasteiger partial charge in [0.25, 0.3) is 0 Å². The van der Waals surface area contributed by atoms with Crippen LogP contribution >= 0.6 is 12.2 Å². The van der Waals surface area contributed by atoms with Crippen molar-refractivity contribution in [2.75, 3.05) is 20.3 Å². The molecule has 2 N–H and O–H groups in total. The molecule has 0 aromatic heterocycles. The third kappa shape index (κ3) is 7.95. The summed E-state index contributed by atoms with van der Waals surface area (Å²) in [6, 6.07) is 8.01. The van der Waals surface area contributed by atoms with Crippen LogP contribution in [0.25, 0.3) is 0 Å². The van der Waals surface area contributed by atoms with Crippen LogP contribution in [0.3, 0.4) is 0 Å². The third-order valence-corrected chi connectivity index (χ3v) is 3.18. The van der Waals surface area contributed by atoms with Crippen molar-refractivity contribution in [1.82, 2.24) is 10.7 Å². The maximum atomic E-state index is 5.67. The number of hydrazone groups is 1. The molecule has 23 heavy (non-hydrogen) atoms. The second-order valence-electron chi connectivity index (χ2n) is 5.87. The summed E-state index contributed by atoms with van der Waals surface area (Å²) < 4.78 is 10.7. The number of rotatable bonds is 8. The van der Waals surface area contributed by atoms with Crippen molar-refractivity contribution >= 4 is 23.0 Å². The molecule has 1 aromatic rings. The van der Waals surface area contributed by atoms with Crippen LogP contribution in [0.4, 0.5) is 0 Å². The van der Waals surface area contributed by atoms with Gasteiger partial charge in [-0.3, -0.25) is 5.43 Å². The highest BCUT2D eigenvalue weighted by atomic mass is 32.1. The molecule has 0 unspecified atom stereocenters. The molecule has 0 saturated carbocycles. The average molecular weight is 337 g/mol. The Hall–Kier alpha value is -1.66. The molecule has 6 heteroatoms. The summed E-state index contributed by atoms with van der Waals surface area (Å²) in [5, 5.41) is 7.86. The predicted octanol–water partition coefficient (Wildman–Crippen LogP) is 2.94. The number of ether oxygens (including phenoxy) is 2. The van der Waals surface area contributed by atoms with Gasteiger partial charge in [0.2, 0.25) is 0 Å². The lowest BCUT2D eigenvalue weighted by molar-refractivity contribution is 0.179. The van der Waals surface area contributed by atoms with Crippen molar-refractivity contribution in [1.29, 1.82) is 0 Å². The van der Waals surface area contributed by atoms with Crippen LogP contribution in [0.5, 0.6) is 5.75 Å². The first-order chi connectivity index (χ1) is 10.9. The Kier molecular flexibility index (Phi) is 8.58. The van der Waals surface area contributed by atoms with E-state index in [9.17, 15) is 0 Å². The maximum Gasteiger partial charge on any atom is 0.187 e. The van der Waals surface area contributed by atoms with E-state index < -0.39 is 0 Å². The van der Waals surface area contributed by atoms with Crippen molar-refractivity contribution in [2.45, 2.75) is 33.7 Å². The van der Waals surface area contributed by atoms with Crippen LogP contribution in [-0.4, -0.2) is 37.2 Å². The van der Waals surface area contributed by atoms with Crippen LogP contribution in [0.2, 0.25) is 0 Å². The van der Waals surface area contributed by atoms with Gasteiger partial charge >= 0.3 is 0 Å². The number of hydrogen-bond donors (Lipinski definition) is 2. The smallest absolute Gasteiger partial charge is 0.187 e. The standard InChI is InChI=1S/C17H27N3O2S/c1-12(2)10-22-16-8-6-15(7-9-16)14(4)19-20-17(23)18-13(3)11-21-5/h6-9,12-13H,10-11H2,1-5H3,(H2,18,20,23)/b19-14-/t13-/m1/s1. The summed E-state index contributed by atoms with van der Waals surface area (Å²) in [7, 11) is 1.66. The van der Waals surface area contributed by atoms with Crippen molar-refractivity contribution in [2.24, 2.45) is 11.0 Å². The Morgan fingerprint density at radius 1 is 1.17 bits per heavy atom. The zero-order chi connectivity index (χ0) is 17.2. The molecule has 1 rings (SSSR count). The fourth-order valence-corrected chi connectivity index (χ4v) is 2.05. The van der Waals surface area contributed by atoms with Gasteiger partial charge in [0.1, 0.15) is 5.75 Å². The summed E-state index contributed by atoms with van der Waals surface area (Å²) >= 11 is 5.19. The summed E-state index contributed by atoms with van der Waals surface area (Å²) in [5.74, 6) is 1.38. The Morgan fingerprint density at radius 3 is 2.39 bits per heavy atom. The highest BCUT2D eigenvalue weighted by Gasteiger charge is 2.04. The van der Waals surface area contributed by atoms with Crippen LogP contribution in [0.15, 0.2) is 29.4 Å². The molecule has 0 bridgehead atoms. The lowest BCUT2D eigenvalue weighted by Gasteiger charge is -2.14. The summed E-state index contributed by atoms with van der Waals surface area (Å²) in [6.07, 6.45) is 0. The van der Waals surface area contributed by atoms with E-state index in [1.54, 1.807) is 7.11 Å². The second-order valence-corrected chi connectivity index (χ2v) is 6.28. The topological polar surface area (TPSA) is 54.9 Å². The van der Waals surface area contributed by atoms with Gasteiger partial charge in [-0.15, -0.1) is 0 Å². The highest BCUT2D eigenvalue weighted by molar-refractivity contribution is 7.80. The molecule has 0 heterocycles. The third-order valence-electron chi connectivity index (χ3n) is 2.97. The summed E-state index contributed by atoms with van der Waals surface area (Å²) in [5.41, 5.74) is 4.71. The Bertz CT molecular complexity index is 515. The Balaban J connectivity index is 2.52. The number of methoxy groups -OCH3 is 1. The zero-order valence-corrected chi connectivity index (χ0v) is 15.4. The fraction of sp³-hybridized carbons (Fsp3) is 0.529. The predicted molar refractivity (Wildman–Crippen MR) is 99.2 cm³/mol. The summed E-state index contributed by atoms with van der Waals surface area (Å²) in [4.78, 5) is 0. The van der Waals surface area contributed by atoms with Crippen molar-refractivity contribution in [3.8, 4) is 5.75 Å². The van der Waals surface area contributed by atoms with Gasteiger partial charge in [-0.1, -0.05) is 13.8 Å². The highest BCUT2D eigenvalue weighted by Crippen LogP contribution is 2.13. The zero-order valence-electron chi connectivity index (χ0n) is 14.6. The molecule has 0 aliphatic carbocycles. The quantitative estimate of drug-likeness (QED) is 0.434. The molecule has 0 aliphatic heterocycles. The van der Waals surface area contributed by atoms with Crippen LogP contribution < -0.4 is 15.5 Å². The van der Waals surface area contributed by atoms with E-state index in [2.05, 4.69) is 29.7 Å². The first kappa shape index (κ1) is 19.4. The van der Waals surface area contributed by atoms with E-state index in [4.69, 9.17) is 21.7 Å². The minimum absolute atomic E-state index is 0.132. The van der Waals surface area contributed by atoms with Crippen molar-refractivity contribution < 1.29 is 9.47 Å². The lowest BCUT2D eigenvalue weighted by atomic mass is 10.1. The van der Waals surface area contributed by atoms with Crippen LogP contribution in [0, 0.1) is 5.92 Å². The SMILES string of the molecule is COC[C@@H](C)NC(=S)N/N=C(/C)c1ccc(OCC(C)C)cc1. The van der Waals surface area contributed by atoms with Gasteiger partial charge in [0.05, 0.1) is 18.9 Å². The first-order valence-corrected chi connectivity index (χ1v) is 8.16. The van der Waals surface area contributed by atoms with Gasteiger partial charge in [-0.2, -0.15) is 5.10 Å². The van der Waals surface area contributed by atoms with Gasteiger partial charge in [0, 0.05) is 13.2 Å². The monoisotopic (exact) mass is 337 g/mol. The van der Waals surface area contributed by atoms with E-state index in [0.717, 1.165) is 17.0 Å². The molecule has 0 amide bonds. The average Bonchev–Trinajstić information content (AvgIpc) is 2.51. The number of nitrogens with one attached hydrogen (secondary N) is 2. The molecule has 0 spiro atoms. The van der Waals surface area contributed by atoms with E-state index in [1.807, 2.05) is 38.1 Å². The molecule has 0 fully saturated rings. The molecular weight excluding hydrogens is 310 g/mol. The number of nitrogens with zero attached hydrogens (tertiary/aromatic N) is 1. The maximum absolute atomic E-state index is 5.67. The van der Waals surface area contributed by atoms with Crippen molar-refractivity contribution in [3.63, 3.8) is 0 Å². The van der Waals surface area contributed by atoms with Gasteiger partial charge in [0.15, 0.2) is 5.11 Å². The molecule has 1 atom stereocenters. The largest absolute Gasteiger partial charge is 0.493 e. The van der Waals surface area contributed by atoms with E-state index >= 15 is 0 Å². The Labute approximate surface area is 144 Å².